The van der Waals surface area contributed by atoms with Gasteiger partial charge in [0.1, 0.15) is 5.75 Å². The third-order valence-corrected chi connectivity index (χ3v) is 4.50. The molecule has 0 aliphatic rings. The van der Waals surface area contributed by atoms with Crippen molar-refractivity contribution in [2.24, 2.45) is 0 Å². The van der Waals surface area contributed by atoms with Crippen molar-refractivity contribution >= 4 is 34.3 Å². The van der Waals surface area contributed by atoms with E-state index in [0.717, 1.165) is 28.7 Å². The number of aromatic hydroxyl groups is 1. The van der Waals surface area contributed by atoms with E-state index in [-0.39, 0.29) is 5.75 Å². The van der Waals surface area contributed by atoms with Crippen LogP contribution in [0.3, 0.4) is 0 Å². The van der Waals surface area contributed by atoms with Gasteiger partial charge in [-0.1, -0.05) is 66.2 Å². The summed E-state index contributed by atoms with van der Waals surface area (Å²) in [6.07, 6.45) is 0.740. The first-order valence-corrected chi connectivity index (χ1v) is 9.00. The normalized spacial score (nSPS) is 11.9. The fraction of sp³-hybridized carbons (Fsp3) is 0.0909. The van der Waals surface area contributed by atoms with Crippen molar-refractivity contribution in [1.29, 1.82) is 0 Å². The van der Waals surface area contributed by atoms with E-state index < -0.39 is 0 Å². The molecule has 0 fully saturated rings. The van der Waals surface area contributed by atoms with Crippen LogP contribution in [0.1, 0.15) is 23.1 Å². The summed E-state index contributed by atoms with van der Waals surface area (Å²) in [7, 11) is 0. The minimum Gasteiger partial charge on any atom is -0.508 e. The van der Waals surface area contributed by atoms with Crippen LogP contribution in [0.15, 0.2) is 78.9 Å². The predicted octanol–water partition coefficient (Wildman–Crippen LogP) is 6.63. The maximum absolute atomic E-state index is 9.65. The third kappa shape index (κ3) is 4.25. The van der Waals surface area contributed by atoms with Gasteiger partial charge in [0.15, 0.2) is 0 Å². The Kier molecular flexibility index (Phi) is 5.80. The molecule has 0 saturated heterocycles. The number of allylic oxidation sites excluding steroid dienone is 1. The monoisotopic (exact) mass is 368 g/mol. The summed E-state index contributed by atoms with van der Waals surface area (Å²) in [5.74, 6) is 0.775. The molecule has 0 aliphatic carbocycles. The van der Waals surface area contributed by atoms with Crippen molar-refractivity contribution in [3.05, 3.63) is 101 Å². The first kappa shape index (κ1) is 17.6. The van der Waals surface area contributed by atoms with E-state index >= 15 is 0 Å². The smallest absolute Gasteiger partial charge is 0.115 e. The van der Waals surface area contributed by atoms with E-state index in [2.05, 4.69) is 12.1 Å². The molecule has 25 heavy (non-hydrogen) atoms. The van der Waals surface area contributed by atoms with Crippen LogP contribution in [0.4, 0.5) is 0 Å². The number of halogens is 2. The molecule has 0 amide bonds. The Morgan fingerprint density at radius 1 is 0.720 bits per heavy atom. The summed E-state index contributed by atoms with van der Waals surface area (Å²) in [6.45, 7) is 0. The van der Waals surface area contributed by atoms with E-state index in [4.69, 9.17) is 23.2 Å². The molecular weight excluding hydrogens is 351 g/mol. The van der Waals surface area contributed by atoms with Gasteiger partial charge in [-0.2, -0.15) is 0 Å². The van der Waals surface area contributed by atoms with Gasteiger partial charge in [-0.05, 0) is 58.5 Å². The largest absolute Gasteiger partial charge is 0.508 e. The van der Waals surface area contributed by atoms with Gasteiger partial charge in [-0.3, -0.25) is 0 Å². The lowest BCUT2D eigenvalue weighted by Gasteiger charge is -2.17. The van der Waals surface area contributed by atoms with Crippen molar-refractivity contribution in [3.8, 4) is 5.75 Å². The van der Waals surface area contributed by atoms with Gasteiger partial charge in [-0.15, -0.1) is 11.6 Å². The topological polar surface area (TPSA) is 20.2 Å². The summed E-state index contributed by atoms with van der Waals surface area (Å²) in [6, 6.07) is 25.3. The van der Waals surface area contributed by atoms with E-state index in [9.17, 15) is 5.11 Å². The molecule has 1 nitrogen and oxygen atoms in total. The quantitative estimate of drug-likeness (QED) is 0.395. The number of hydrogen-bond acceptors (Lipinski definition) is 1. The van der Waals surface area contributed by atoms with Crippen molar-refractivity contribution < 1.29 is 5.11 Å². The second kappa shape index (κ2) is 8.24. The molecule has 1 N–H and O–H groups in total. The molecule has 0 atom stereocenters. The Hall–Kier alpha value is -2.22. The van der Waals surface area contributed by atoms with Gasteiger partial charge in [0.25, 0.3) is 0 Å². The Morgan fingerprint density at radius 2 is 1.28 bits per heavy atom. The Morgan fingerprint density at radius 3 is 1.84 bits per heavy atom. The maximum Gasteiger partial charge on any atom is 0.115 e. The van der Waals surface area contributed by atoms with Crippen molar-refractivity contribution in [2.45, 2.75) is 6.42 Å². The van der Waals surface area contributed by atoms with Gasteiger partial charge in [0, 0.05) is 10.9 Å². The summed E-state index contributed by atoms with van der Waals surface area (Å²) in [4.78, 5) is 0. The van der Waals surface area contributed by atoms with Crippen LogP contribution in [0.5, 0.6) is 5.75 Å². The highest BCUT2D eigenvalue weighted by atomic mass is 35.5. The zero-order chi connectivity index (χ0) is 17.6. The van der Waals surface area contributed by atoms with Crippen LogP contribution in [-0.2, 0) is 0 Å². The molecule has 0 saturated carbocycles. The number of phenols is 1. The minimum absolute atomic E-state index is 0.248. The Balaban J connectivity index is 2.26. The first-order valence-electron chi connectivity index (χ1n) is 8.09. The first-order chi connectivity index (χ1) is 12.2. The second-order valence-electron chi connectivity index (χ2n) is 5.71. The van der Waals surface area contributed by atoms with Crippen LogP contribution >= 0.6 is 23.2 Å². The molecule has 0 aliphatic heterocycles. The average molecular weight is 369 g/mol. The van der Waals surface area contributed by atoms with Crippen LogP contribution < -0.4 is 0 Å². The van der Waals surface area contributed by atoms with Gasteiger partial charge >= 0.3 is 0 Å². The van der Waals surface area contributed by atoms with E-state index in [0.29, 0.717) is 10.9 Å². The summed E-state index contributed by atoms with van der Waals surface area (Å²) >= 11 is 12.2. The highest BCUT2D eigenvalue weighted by Crippen LogP contribution is 2.35. The summed E-state index contributed by atoms with van der Waals surface area (Å²) in [5.41, 5.74) is 5.51. The zero-order valence-corrected chi connectivity index (χ0v) is 15.1. The molecule has 0 radical (unpaired) electrons. The lowest BCUT2D eigenvalue weighted by Crippen LogP contribution is -1.96. The van der Waals surface area contributed by atoms with Crippen LogP contribution in [-0.4, -0.2) is 11.0 Å². The molecule has 3 heteroatoms. The average Bonchev–Trinajstić information content (AvgIpc) is 2.65. The lowest BCUT2D eigenvalue weighted by molar-refractivity contribution is 0.475. The molecule has 0 aromatic heterocycles. The van der Waals surface area contributed by atoms with Crippen LogP contribution in [0.2, 0.25) is 5.02 Å². The summed E-state index contributed by atoms with van der Waals surface area (Å²) < 4.78 is 0. The predicted molar refractivity (Wildman–Crippen MR) is 107 cm³/mol. The lowest BCUT2D eigenvalue weighted by atomic mass is 9.88. The zero-order valence-electron chi connectivity index (χ0n) is 13.6. The molecular formula is C22H18Cl2O. The Bertz CT molecular complexity index is 803. The number of benzene rings is 3. The van der Waals surface area contributed by atoms with Crippen molar-refractivity contribution in [2.75, 3.05) is 5.88 Å². The number of alkyl halides is 1. The maximum atomic E-state index is 9.65. The highest BCUT2D eigenvalue weighted by molar-refractivity contribution is 6.30. The number of rotatable bonds is 5. The molecule has 0 heterocycles. The SMILES string of the molecule is Oc1ccc(/C(=C(/CCCl)c2ccccc2)c2ccc(Cl)cc2)cc1. The Labute approximate surface area is 158 Å². The molecule has 0 bridgehead atoms. The highest BCUT2D eigenvalue weighted by Gasteiger charge is 2.14. The summed E-state index contributed by atoms with van der Waals surface area (Å²) in [5, 5.41) is 10.4. The van der Waals surface area contributed by atoms with Crippen LogP contribution in [0.25, 0.3) is 11.1 Å². The second-order valence-corrected chi connectivity index (χ2v) is 6.53. The third-order valence-electron chi connectivity index (χ3n) is 4.06. The molecule has 126 valence electrons. The molecule has 3 rings (SSSR count). The van der Waals surface area contributed by atoms with Gasteiger partial charge in [-0.25, -0.2) is 0 Å². The van der Waals surface area contributed by atoms with Crippen molar-refractivity contribution in [1.82, 2.24) is 0 Å². The molecule has 0 unspecified atom stereocenters. The molecule has 0 spiro atoms. The van der Waals surface area contributed by atoms with E-state index in [1.165, 1.54) is 5.57 Å². The fourth-order valence-corrected chi connectivity index (χ4v) is 3.22. The van der Waals surface area contributed by atoms with Gasteiger partial charge < -0.3 is 5.11 Å². The standard InChI is InChI=1S/C22H18Cl2O/c23-15-14-21(16-4-2-1-3-5-16)22(17-6-10-19(24)11-7-17)18-8-12-20(25)13-9-18/h1-13,25H,14-15H2/b22-21-. The molecule has 3 aromatic carbocycles. The van der Waals surface area contributed by atoms with E-state index in [1.54, 1.807) is 12.1 Å². The van der Waals surface area contributed by atoms with E-state index in [1.807, 2.05) is 54.6 Å². The van der Waals surface area contributed by atoms with Gasteiger partial charge in [0.05, 0.1) is 0 Å². The minimum atomic E-state index is 0.248. The molecule has 3 aromatic rings. The van der Waals surface area contributed by atoms with Gasteiger partial charge in [0.2, 0.25) is 0 Å². The van der Waals surface area contributed by atoms with Crippen molar-refractivity contribution in [3.63, 3.8) is 0 Å². The number of hydrogen-bond donors (Lipinski definition) is 1. The fourth-order valence-electron chi connectivity index (χ4n) is 2.91. The number of phenolic OH excluding ortho intramolecular Hbond substituents is 1. The van der Waals surface area contributed by atoms with Crippen LogP contribution in [0, 0.1) is 0 Å².